The molecule has 4 rings (SSSR count). The van der Waals surface area contributed by atoms with Gasteiger partial charge in [-0.3, -0.25) is 4.79 Å². The lowest BCUT2D eigenvalue weighted by atomic mass is 10.2. The van der Waals surface area contributed by atoms with E-state index in [9.17, 15) is 18.0 Å². The Kier molecular flexibility index (Phi) is 3.91. The molecule has 1 fully saturated rings. The number of aromatic nitrogens is 4. The maximum atomic E-state index is 13.6. The highest BCUT2D eigenvalue weighted by molar-refractivity contribution is 7.16. The van der Waals surface area contributed by atoms with Crippen molar-refractivity contribution in [3.8, 4) is 0 Å². The summed E-state index contributed by atoms with van der Waals surface area (Å²) in [6.45, 7) is 0.181. The minimum Gasteiger partial charge on any atom is -0.352 e. The summed E-state index contributed by atoms with van der Waals surface area (Å²) in [6.07, 6.45) is 2.59. The zero-order valence-corrected chi connectivity index (χ0v) is 13.6. The standard InChI is InChI=1S/C15H12F3N5OS/c16-9-4-3-8(11(17)12(9)18)14(24)19-6-5-10-22-23-13(7-1-2-7)20-21-15(23)25-10/h3-4,7H,1-2,5-6H2,(H,19,24). The van der Waals surface area contributed by atoms with Crippen LogP contribution in [0.15, 0.2) is 12.1 Å². The zero-order valence-electron chi connectivity index (χ0n) is 12.8. The van der Waals surface area contributed by atoms with E-state index >= 15 is 0 Å². The van der Waals surface area contributed by atoms with Crippen LogP contribution in [0.1, 0.15) is 39.9 Å². The van der Waals surface area contributed by atoms with Gasteiger partial charge in [0, 0.05) is 18.9 Å². The van der Waals surface area contributed by atoms with Gasteiger partial charge < -0.3 is 5.32 Å². The summed E-state index contributed by atoms with van der Waals surface area (Å²) in [5, 5.41) is 15.8. The van der Waals surface area contributed by atoms with Crippen molar-refractivity contribution in [1.29, 1.82) is 0 Å². The summed E-state index contributed by atoms with van der Waals surface area (Å²) in [6, 6.07) is 1.63. The Hall–Kier alpha value is -2.49. The van der Waals surface area contributed by atoms with Crippen molar-refractivity contribution >= 4 is 22.2 Å². The largest absolute Gasteiger partial charge is 0.352 e. The summed E-state index contributed by atoms with van der Waals surface area (Å²) < 4.78 is 41.4. The van der Waals surface area contributed by atoms with Gasteiger partial charge in [0.2, 0.25) is 4.96 Å². The molecule has 1 saturated carbocycles. The van der Waals surface area contributed by atoms with Gasteiger partial charge in [0.1, 0.15) is 5.01 Å². The lowest BCUT2D eigenvalue weighted by Gasteiger charge is -2.06. The first-order chi connectivity index (χ1) is 12.0. The van der Waals surface area contributed by atoms with E-state index in [1.54, 1.807) is 4.52 Å². The molecule has 0 aliphatic heterocycles. The van der Waals surface area contributed by atoms with Crippen LogP contribution in [0.2, 0.25) is 0 Å². The molecular weight excluding hydrogens is 355 g/mol. The van der Waals surface area contributed by atoms with Gasteiger partial charge in [0.25, 0.3) is 5.91 Å². The van der Waals surface area contributed by atoms with Crippen molar-refractivity contribution < 1.29 is 18.0 Å². The molecule has 1 aliphatic carbocycles. The van der Waals surface area contributed by atoms with Gasteiger partial charge in [0.05, 0.1) is 5.56 Å². The Morgan fingerprint density at radius 1 is 1.24 bits per heavy atom. The molecule has 2 heterocycles. The number of nitrogens with one attached hydrogen (secondary N) is 1. The molecule has 1 amide bonds. The zero-order chi connectivity index (χ0) is 17.6. The molecule has 10 heteroatoms. The van der Waals surface area contributed by atoms with Crippen LogP contribution in [0.5, 0.6) is 0 Å². The van der Waals surface area contributed by atoms with Crippen LogP contribution in [-0.4, -0.2) is 32.3 Å². The molecular formula is C15H12F3N5OS. The smallest absolute Gasteiger partial charge is 0.254 e. The van der Waals surface area contributed by atoms with E-state index in [0.29, 0.717) is 17.3 Å². The number of nitrogens with zero attached hydrogens (tertiary/aromatic N) is 4. The normalized spacial score (nSPS) is 14.2. The fraction of sp³-hybridized carbons (Fsp3) is 0.333. The monoisotopic (exact) mass is 367 g/mol. The fourth-order valence-electron chi connectivity index (χ4n) is 2.45. The molecule has 0 spiro atoms. The van der Waals surface area contributed by atoms with E-state index < -0.39 is 28.9 Å². The van der Waals surface area contributed by atoms with Crippen molar-refractivity contribution in [2.75, 3.05) is 6.54 Å². The van der Waals surface area contributed by atoms with E-state index in [1.165, 1.54) is 11.3 Å². The van der Waals surface area contributed by atoms with Crippen LogP contribution in [-0.2, 0) is 6.42 Å². The maximum absolute atomic E-state index is 13.6. The van der Waals surface area contributed by atoms with E-state index in [0.717, 1.165) is 35.8 Å². The number of halogens is 3. The van der Waals surface area contributed by atoms with Crippen LogP contribution in [0, 0.1) is 17.5 Å². The van der Waals surface area contributed by atoms with Gasteiger partial charge in [-0.15, -0.1) is 10.2 Å². The topological polar surface area (TPSA) is 72.2 Å². The summed E-state index contributed by atoms with van der Waals surface area (Å²) in [7, 11) is 0. The first-order valence-corrected chi connectivity index (χ1v) is 8.49. The van der Waals surface area contributed by atoms with Crippen LogP contribution in [0.25, 0.3) is 4.96 Å². The van der Waals surface area contributed by atoms with E-state index in [2.05, 4.69) is 20.6 Å². The number of hydrogen-bond donors (Lipinski definition) is 1. The van der Waals surface area contributed by atoms with Crippen molar-refractivity contribution in [1.82, 2.24) is 25.1 Å². The van der Waals surface area contributed by atoms with Crippen LogP contribution in [0.3, 0.4) is 0 Å². The Labute approximate surface area is 143 Å². The highest BCUT2D eigenvalue weighted by Gasteiger charge is 2.30. The highest BCUT2D eigenvalue weighted by Crippen LogP contribution is 2.39. The fourth-order valence-corrected chi connectivity index (χ4v) is 3.29. The van der Waals surface area contributed by atoms with E-state index in [-0.39, 0.29) is 6.54 Å². The highest BCUT2D eigenvalue weighted by atomic mass is 32.1. The van der Waals surface area contributed by atoms with Crippen LogP contribution < -0.4 is 5.32 Å². The second-order valence-electron chi connectivity index (χ2n) is 5.75. The molecule has 1 N–H and O–H groups in total. The average molecular weight is 367 g/mol. The Bertz CT molecular complexity index is 966. The average Bonchev–Trinajstić information content (AvgIpc) is 3.23. The Balaban J connectivity index is 1.40. The number of fused-ring (bicyclic) bond motifs is 1. The summed E-state index contributed by atoms with van der Waals surface area (Å²) in [5.41, 5.74) is -0.534. The lowest BCUT2D eigenvalue weighted by Crippen LogP contribution is -2.27. The lowest BCUT2D eigenvalue weighted by molar-refractivity contribution is 0.0949. The van der Waals surface area contributed by atoms with E-state index in [4.69, 9.17) is 0 Å². The summed E-state index contributed by atoms with van der Waals surface area (Å²) >= 11 is 1.36. The molecule has 0 bridgehead atoms. The number of amides is 1. The molecule has 6 nitrogen and oxygen atoms in total. The molecule has 0 atom stereocenters. The molecule has 1 aliphatic rings. The predicted octanol–water partition coefficient (Wildman–Crippen LogP) is 2.45. The van der Waals surface area contributed by atoms with Gasteiger partial charge in [0.15, 0.2) is 23.3 Å². The Morgan fingerprint density at radius 2 is 2.04 bits per heavy atom. The third-order valence-electron chi connectivity index (χ3n) is 3.90. The number of carbonyl (C=O) groups excluding carboxylic acids is 1. The Morgan fingerprint density at radius 3 is 2.80 bits per heavy atom. The number of rotatable bonds is 5. The van der Waals surface area contributed by atoms with Crippen molar-refractivity contribution in [3.63, 3.8) is 0 Å². The first kappa shape index (κ1) is 16.0. The van der Waals surface area contributed by atoms with Crippen molar-refractivity contribution in [3.05, 3.63) is 46.0 Å². The molecule has 1 aromatic carbocycles. The van der Waals surface area contributed by atoms with Crippen LogP contribution in [0.4, 0.5) is 13.2 Å². The number of hydrogen-bond acceptors (Lipinski definition) is 5. The van der Waals surface area contributed by atoms with Crippen LogP contribution >= 0.6 is 11.3 Å². The first-order valence-electron chi connectivity index (χ1n) is 7.67. The number of carbonyl (C=O) groups is 1. The van der Waals surface area contributed by atoms with Gasteiger partial charge in [-0.05, 0) is 25.0 Å². The summed E-state index contributed by atoms with van der Waals surface area (Å²) in [5.74, 6) is -4.02. The molecule has 130 valence electrons. The van der Waals surface area contributed by atoms with Gasteiger partial charge in [-0.1, -0.05) is 11.3 Å². The quantitative estimate of drug-likeness (QED) is 0.703. The minimum atomic E-state index is -1.66. The molecule has 25 heavy (non-hydrogen) atoms. The second kappa shape index (κ2) is 6.10. The van der Waals surface area contributed by atoms with E-state index in [1.807, 2.05) is 0 Å². The van der Waals surface area contributed by atoms with Gasteiger partial charge in [-0.2, -0.15) is 9.61 Å². The van der Waals surface area contributed by atoms with Crippen molar-refractivity contribution in [2.24, 2.45) is 0 Å². The van der Waals surface area contributed by atoms with Crippen molar-refractivity contribution in [2.45, 2.75) is 25.2 Å². The number of benzene rings is 1. The molecule has 0 saturated heterocycles. The molecule has 0 radical (unpaired) electrons. The molecule has 0 unspecified atom stereocenters. The third kappa shape index (κ3) is 2.97. The summed E-state index contributed by atoms with van der Waals surface area (Å²) in [4.78, 5) is 12.6. The van der Waals surface area contributed by atoms with Gasteiger partial charge in [-0.25, -0.2) is 13.2 Å². The molecule has 3 aromatic rings. The van der Waals surface area contributed by atoms with Gasteiger partial charge >= 0.3 is 0 Å². The maximum Gasteiger partial charge on any atom is 0.254 e. The SMILES string of the molecule is O=C(NCCc1nn2c(C3CC3)nnc2s1)c1ccc(F)c(F)c1F. The molecule has 2 aromatic heterocycles. The predicted molar refractivity (Wildman–Crippen MR) is 83.0 cm³/mol. The third-order valence-corrected chi connectivity index (χ3v) is 4.86. The minimum absolute atomic E-state index is 0.181. The second-order valence-corrected chi connectivity index (χ2v) is 6.79.